The van der Waals surface area contributed by atoms with E-state index in [1.165, 1.54) is 24.3 Å². The van der Waals surface area contributed by atoms with Crippen molar-refractivity contribution in [1.82, 2.24) is 4.98 Å². The highest BCUT2D eigenvalue weighted by atomic mass is 32.1. The molecule has 39 heavy (non-hydrogen) atoms. The number of carbonyl (C=O) groups is 2. The predicted molar refractivity (Wildman–Crippen MR) is 151 cm³/mol. The fourth-order valence-corrected chi connectivity index (χ4v) is 4.42. The van der Waals surface area contributed by atoms with Gasteiger partial charge in [-0.25, -0.2) is 4.98 Å². The van der Waals surface area contributed by atoms with E-state index in [-0.39, 0.29) is 24.7 Å². The smallest absolute Gasteiger partial charge is 0.268 e. The van der Waals surface area contributed by atoms with Crippen LogP contribution < -0.4 is 24.8 Å². The molecular formula is C29H26N4O5S. The molecule has 9 nitrogen and oxygen atoms in total. The van der Waals surface area contributed by atoms with Crippen molar-refractivity contribution in [1.29, 1.82) is 5.26 Å². The van der Waals surface area contributed by atoms with Gasteiger partial charge in [0.05, 0.1) is 16.8 Å². The van der Waals surface area contributed by atoms with E-state index in [1.54, 1.807) is 42.5 Å². The maximum Gasteiger partial charge on any atom is 0.268 e. The summed E-state index contributed by atoms with van der Waals surface area (Å²) in [6.07, 6.45) is 1.49. The van der Waals surface area contributed by atoms with Crippen LogP contribution in [0.2, 0.25) is 0 Å². The van der Waals surface area contributed by atoms with Crippen LogP contribution in [0.1, 0.15) is 19.4 Å². The number of anilines is 2. The van der Waals surface area contributed by atoms with Crippen molar-refractivity contribution in [3.8, 4) is 23.3 Å². The van der Waals surface area contributed by atoms with E-state index in [9.17, 15) is 14.9 Å². The van der Waals surface area contributed by atoms with Crippen molar-refractivity contribution in [2.45, 2.75) is 13.8 Å². The number of ether oxygens (including phenoxy) is 3. The molecule has 0 spiro atoms. The van der Waals surface area contributed by atoms with Crippen LogP contribution in [0.25, 0.3) is 16.3 Å². The second kappa shape index (κ2) is 13.1. The summed E-state index contributed by atoms with van der Waals surface area (Å²) in [5, 5.41) is 15.4. The number of aromatic nitrogens is 1. The Balaban J connectivity index is 1.37. The van der Waals surface area contributed by atoms with Gasteiger partial charge in [-0.15, -0.1) is 0 Å². The molecule has 10 heteroatoms. The highest BCUT2D eigenvalue weighted by Crippen LogP contribution is 2.30. The monoisotopic (exact) mass is 542 g/mol. The van der Waals surface area contributed by atoms with Gasteiger partial charge in [-0.05, 0) is 67.1 Å². The summed E-state index contributed by atoms with van der Waals surface area (Å²) in [4.78, 5) is 28.2. The number of nitrogens with one attached hydrogen (secondary N) is 2. The van der Waals surface area contributed by atoms with Gasteiger partial charge in [0, 0.05) is 12.6 Å². The minimum absolute atomic E-state index is 0.0664. The number of hydrogen-bond acceptors (Lipinski definition) is 8. The van der Waals surface area contributed by atoms with Crippen molar-refractivity contribution >= 4 is 50.3 Å². The number of para-hydroxylation sites is 1. The quantitative estimate of drug-likeness (QED) is 0.142. The fraction of sp³-hybridized carbons (Fsp3) is 0.172. The van der Waals surface area contributed by atoms with Crippen LogP contribution in [0.3, 0.4) is 0 Å². The van der Waals surface area contributed by atoms with E-state index < -0.39 is 5.91 Å². The highest BCUT2D eigenvalue weighted by Gasteiger charge is 2.14. The molecule has 0 aliphatic carbocycles. The molecule has 2 N–H and O–H groups in total. The van der Waals surface area contributed by atoms with E-state index in [0.29, 0.717) is 40.2 Å². The molecule has 0 saturated heterocycles. The van der Waals surface area contributed by atoms with Crippen LogP contribution in [0.5, 0.6) is 17.2 Å². The first-order valence-corrected chi connectivity index (χ1v) is 13.0. The van der Waals surface area contributed by atoms with E-state index in [4.69, 9.17) is 14.2 Å². The molecule has 0 aliphatic heterocycles. The zero-order valence-corrected chi connectivity index (χ0v) is 22.2. The largest absolute Gasteiger partial charge is 0.490 e. The molecule has 0 bridgehead atoms. The van der Waals surface area contributed by atoms with E-state index in [0.717, 1.165) is 10.2 Å². The average Bonchev–Trinajstić information content (AvgIpc) is 3.33. The van der Waals surface area contributed by atoms with Crippen LogP contribution in [0.4, 0.5) is 10.8 Å². The molecule has 2 amide bonds. The zero-order valence-electron chi connectivity index (χ0n) is 21.4. The number of rotatable bonds is 11. The summed E-state index contributed by atoms with van der Waals surface area (Å²) < 4.78 is 18.2. The topological polar surface area (TPSA) is 123 Å². The number of fused-ring (bicyclic) bond motifs is 1. The number of amides is 2. The summed E-state index contributed by atoms with van der Waals surface area (Å²) in [7, 11) is 0. The van der Waals surface area contributed by atoms with Gasteiger partial charge in [0.15, 0.2) is 16.6 Å². The molecule has 3 aromatic carbocycles. The molecule has 0 fully saturated rings. The molecule has 0 radical (unpaired) electrons. The van der Waals surface area contributed by atoms with E-state index in [2.05, 4.69) is 15.6 Å². The predicted octanol–water partition coefficient (Wildman–Crippen LogP) is 5.66. The van der Waals surface area contributed by atoms with E-state index >= 15 is 0 Å². The third-order valence-electron chi connectivity index (χ3n) is 5.24. The summed E-state index contributed by atoms with van der Waals surface area (Å²) >= 11 is 1.34. The van der Waals surface area contributed by atoms with E-state index in [1.807, 2.05) is 37.3 Å². The molecular weight excluding hydrogens is 516 g/mol. The zero-order chi connectivity index (χ0) is 27.6. The number of carbonyl (C=O) groups excluding carboxylic acids is 2. The SMILES string of the molecule is CCOc1cc(/C=C(\C#N)C(=O)Nc2nc3ccccc3s2)ccc1OCCOc1ccc(NC(C)=O)cc1. The van der Waals surface area contributed by atoms with Crippen molar-refractivity contribution in [3.63, 3.8) is 0 Å². The molecule has 0 atom stereocenters. The molecule has 1 aromatic heterocycles. The normalized spacial score (nSPS) is 10.9. The average molecular weight is 543 g/mol. The van der Waals surface area contributed by atoms with Crippen LogP contribution in [0, 0.1) is 11.3 Å². The van der Waals surface area contributed by atoms with Gasteiger partial charge in [-0.2, -0.15) is 5.26 Å². The third kappa shape index (κ3) is 7.56. The van der Waals surface area contributed by atoms with Crippen molar-refractivity contribution in [2.75, 3.05) is 30.5 Å². The van der Waals surface area contributed by atoms with Crippen molar-refractivity contribution in [2.24, 2.45) is 0 Å². The van der Waals surface area contributed by atoms with Gasteiger partial charge in [0.2, 0.25) is 5.91 Å². The van der Waals surface area contributed by atoms with Crippen LogP contribution in [0.15, 0.2) is 72.3 Å². The maximum atomic E-state index is 12.7. The Morgan fingerprint density at radius 1 is 0.974 bits per heavy atom. The molecule has 4 aromatic rings. The molecule has 0 unspecified atom stereocenters. The van der Waals surface area contributed by atoms with Gasteiger partial charge >= 0.3 is 0 Å². The lowest BCUT2D eigenvalue weighted by Gasteiger charge is -2.13. The summed E-state index contributed by atoms with van der Waals surface area (Å²) in [6.45, 7) is 4.26. The number of hydrogen-bond donors (Lipinski definition) is 2. The van der Waals surface area contributed by atoms with Crippen molar-refractivity contribution < 1.29 is 23.8 Å². The number of nitrogens with zero attached hydrogens (tertiary/aromatic N) is 2. The Labute approximate surface area is 229 Å². The second-order valence-corrected chi connectivity index (χ2v) is 9.18. The lowest BCUT2D eigenvalue weighted by atomic mass is 10.1. The lowest BCUT2D eigenvalue weighted by Crippen LogP contribution is -2.13. The molecule has 1 heterocycles. The molecule has 0 aliphatic rings. The minimum atomic E-state index is -0.544. The highest BCUT2D eigenvalue weighted by molar-refractivity contribution is 7.22. The summed E-state index contributed by atoms with van der Waals surface area (Å²) in [5.41, 5.74) is 2.01. The first-order valence-electron chi connectivity index (χ1n) is 12.1. The first kappa shape index (κ1) is 27.2. The van der Waals surface area contributed by atoms with Crippen LogP contribution >= 0.6 is 11.3 Å². The Kier molecular flexibility index (Phi) is 9.11. The third-order valence-corrected chi connectivity index (χ3v) is 6.19. The Morgan fingerprint density at radius 2 is 1.74 bits per heavy atom. The van der Waals surface area contributed by atoms with Crippen LogP contribution in [-0.2, 0) is 9.59 Å². The lowest BCUT2D eigenvalue weighted by molar-refractivity contribution is -0.114. The molecule has 0 saturated carbocycles. The van der Waals surface area contributed by atoms with Gasteiger partial charge in [0.1, 0.15) is 30.6 Å². The minimum Gasteiger partial charge on any atom is -0.490 e. The van der Waals surface area contributed by atoms with Gasteiger partial charge in [-0.1, -0.05) is 29.5 Å². The summed E-state index contributed by atoms with van der Waals surface area (Å²) in [6, 6.07) is 21.7. The van der Waals surface area contributed by atoms with Crippen molar-refractivity contribution in [3.05, 3.63) is 77.9 Å². The van der Waals surface area contributed by atoms with Gasteiger partial charge in [-0.3, -0.25) is 14.9 Å². The Morgan fingerprint density at radius 3 is 2.46 bits per heavy atom. The van der Waals surface area contributed by atoms with Gasteiger partial charge < -0.3 is 19.5 Å². The number of benzene rings is 3. The Hall–Kier alpha value is -4.88. The fourth-order valence-electron chi connectivity index (χ4n) is 3.56. The van der Waals surface area contributed by atoms with Crippen LogP contribution in [-0.4, -0.2) is 36.6 Å². The Bertz CT molecular complexity index is 1510. The standard InChI is InChI=1S/C29H26N4O5S/c1-3-36-26-17-20(16-21(18-30)28(35)33-29-32-24-6-4-5-7-27(24)39-29)8-13-25(26)38-15-14-37-23-11-9-22(10-12-23)31-19(2)34/h4-13,16-17H,3,14-15H2,1-2H3,(H,31,34)(H,32,33,35)/b21-16+. The second-order valence-electron chi connectivity index (χ2n) is 8.15. The number of nitriles is 1. The molecule has 198 valence electrons. The van der Waals surface area contributed by atoms with Gasteiger partial charge in [0.25, 0.3) is 5.91 Å². The molecule has 4 rings (SSSR count). The first-order chi connectivity index (χ1) is 18.9. The number of thiazole rings is 1. The maximum absolute atomic E-state index is 12.7. The summed E-state index contributed by atoms with van der Waals surface area (Å²) in [5.74, 6) is 0.953.